The summed E-state index contributed by atoms with van der Waals surface area (Å²) in [6.07, 6.45) is 2.71. The fraction of sp³-hybridized carbons (Fsp3) is 0.200. The molecule has 0 aliphatic rings. The molecule has 20 heavy (non-hydrogen) atoms. The highest BCUT2D eigenvalue weighted by Gasteiger charge is 2.11. The zero-order valence-electron chi connectivity index (χ0n) is 11.5. The third-order valence-corrected chi connectivity index (χ3v) is 4.22. The summed E-state index contributed by atoms with van der Waals surface area (Å²) in [5.41, 5.74) is 4.87. The average Bonchev–Trinajstić information content (AvgIpc) is 2.64. The summed E-state index contributed by atoms with van der Waals surface area (Å²) < 4.78 is 2.89. The third kappa shape index (κ3) is 2.82. The van der Waals surface area contributed by atoms with Crippen molar-refractivity contribution in [2.45, 2.75) is 20.8 Å². The Morgan fingerprint density at radius 1 is 1.35 bits per heavy atom. The molecule has 104 valence electrons. The molecule has 0 saturated carbocycles. The summed E-state index contributed by atoms with van der Waals surface area (Å²) in [5.74, 6) is -0.950. The van der Waals surface area contributed by atoms with Gasteiger partial charge < -0.3 is 5.11 Å². The Labute approximate surface area is 125 Å². The minimum absolute atomic E-state index is 0.856. The highest BCUT2D eigenvalue weighted by atomic mass is 79.9. The first kappa shape index (κ1) is 14.5. The second-order valence-electron chi connectivity index (χ2n) is 4.61. The predicted molar refractivity (Wildman–Crippen MR) is 82.1 cm³/mol. The van der Waals surface area contributed by atoms with Crippen molar-refractivity contribution in [3.8, 4) is 5.69 Å². The average molecular weight is 335 g/mol. The third-order valence-electron chi connectivity index (χ3n) is 3.07. The monoisotopic (exact) mass is 334 g/mol. The predicted octanol–water partition coefficient (Wildman–Crippen LogP) is 3.66. The van der Waals surface area contributed by atoms with E-state index in [0.29, 0.717) is 0 Å². The molecule has 1 aromatic heterocycles. The lowest BCUT2D eigenvalue weighted by Gasteiger charge is -2.09. The van der Waals surface area contributed by atoms with Crippen LogP contribution in [0.2, 0.25) is 0 Å². The van der Waals surface area contributed by atoms with Crippen LogP contribution < -0.4 is 0 Å². The summed E-state index contributed by atoms with van der Waals surface area (Å²) in [7, 11) is 0. The van der Waals surface area contributed by atoms with Crippen LogP contribution in [0, 0.1) is 20.8 Å². The summed E-state index contributed by atoms with van der Waals surface area (Å²) in [6, 6.07) is 5.77. The van der Waals surface area contributed by atoms with Crippen molar-refractivity contribution in [2.75, 3.05) is 0 Å². The van der Waals surface area contributed by atoms with Gasteiger partial charge in [-0.05, 0) is 66.0 Å². The highest BCUT2D eigenvalue weighted by molar-refractivity contribution is 9.10. The molecule has 0 atom stereocenters. The fourth-order valence-corrected chi connectivity index (χ4v) is 2.29. The van der Waals surface area contributed by atoms with Gasteiger partial charge >= 0.3 is 5.97 Å². The van der Waals surface area contributed by atoms with Gasteiger partial charge in [0, 0.05) is 6.08 Å². The van der Waals surface area contributed by atoms with E-state index in [4.69, 9.17) is 5.11 Å². The van der Waals surface area contributed by atoms with E-state index in [1.807, 2.05) is 43.7 Å². The standard InChI is InChI=1S/C15H15BrN2O2/c1-9-8-12(5-7-14(19)20)4-6-13(9)18-11(3)15(16)10(2)17-18/h4-8H,1-3H3,(H,19,20). The van der Waals surface area contributed by atoms with Crippen molar-refractivity contribution >= 4 is 28.0 Å². The van der Waals surface area contributed by atoms with Crippen molar-refractivity contribution in [3.63, 3.8) is 0 Å². The SMILES string of the molecule is Cc1cc(C=CC(=O)O)ccc1-n1nc(C)c(Br)c1C. The Bertz CT molecular complexity index is 702. The highest BCUT2D eigenvalue weighted by Crippen LogP contribution is 2.25. The van der Waals surface area contributed by atoms with Crippen LogP contribution in [-0.4, -0.2) is 20.9 Å². The van der Waals surface area contributed by atoms with E-state index in [2.05, 4.69) is 21.0 Å². The first-order chi connectivity index (χ1) is 9.40. The van der Waals surface area contributed by atoms with Crippen LogP contribution in [0.15, 0.2) is 28.7 Å². The Morgan fingerprint density at radius 3 is 2.55 bits per heavy atom. The Hall–Kier alpha value is -1.88. The Morgan fingerprint density at radius 2 is 2.05 bits per heavy atom. The van der Waals surface area contributed by atoms with Crippen LogP contribution >= 0.6 is 15.9 Å². The normalized spacial score (nSPS) is 11.2. The smallest absolute Gasteiger partial charge is 0.328 e. The van der Waals surface area contributed by atoms with E-state index < -0.39 is 5.97 Å². The number of aromatic nitrogens is 2. The van der Waals surface area contributed by atoms with Gasteiger partial charge in [0.15, 0.2) is 0 Å². The number of carboxylic acids is 1. The first-order valence-corrected chi connectivity index (χ1v) is 6.93. The van der Waals surface area contributed by atoms with Gasteiger partial charge in [-0.15, -0.1) is 0 Å². The van der Waals surface area contributed by atoms with Crippen molar-refractivity contribution in [1.29, 1.82) is 0 Å². The maximum absolute atomic E-state index is 10.5. The molecule has 0 aliphatic heterocycles. The van der Waals surface area contributed by atoms with Gasteiger partial charge in [-0.1, -0.05) is 6.07 Å². The van der Waals surface area contributed by atoms with Gasteiger partial charge in [0.2, 0.25) is 0 Å². The van der Waals surface area contributed by atoms with Crippen LogP contribution in [0.4, 0.5) is 0 Å². The number of hydrogen-bond acceptors (Lipinski definition) is 2. The molecular formula is C15H15BrN2O2. The molecule has 0 bridgehead atoms. The summed E-state index contributed by atoms with van der Waals surface area (Å²) in [5, 5.41) is 13.1. The van der Waals surface area contributed by atoms with E-state index in [0.717, 1.165) is 38.8 Å². The zero-order chi connectivity index (χ0) is 14.9. The second-order valence-corrected chi connectivity index (χ2v) is 5.41. The topological polar surface area (TPSA) is 55.1 Å². The van der Waals surface area contributed by atoms with Gasteiger partial charge in [0.05, 0.1) is 21.5 Å². The maximum atomic E-state index is 10.5. The molecule has 0 radical (unpaired) electrons. The number of nitrogens with zero attached hydrogens (tertiary/aromatic N) is 2. The van der Waals surface area contributed by atoms with E-state index in [9.17, 15) is 4.79 Å². The van der Waals surface area contributed by atoms with Crippen molar-refractivity contribution in [3.05, 3.63) is 51.3 Å². The fourth-order valence-electron chi connectivity index (χ4n) is 2.05. The van der Waals surface area contributed by atoms with Crippen LogP contribution in [0.5, 0.6) is 0 Å². The molecule has 0 fully saturated rings. The lowest BCUT2D eigenvalue weighted by Crippen LogP contribution is -2.01. The van der Waals surface area contributed by atoms with Gasteiger partial charge in [0.1, 0.15) is 0 Å². The van der Waals surface area contributed by atoms with Crippen molar-refractivity contribution in [1.82, 2.24) is 9.78 Å². The van der Waals surface area contributed by atoms with Crippen LogP contribution in [-0.2, 0) is 4.79 Å². The molecular weight excluding hydrogens is 320 g/mol. The number of carbonyl (C=O) groups is 1. The Balaban J connectivity index is 2.44. The second kappa shape index (κ2) is 5.63. The van der Waals surface area contributed by atoms with E-state index in [1.54, 1.807) is 6.08 Å². The number of aliphatic carboxylic acids is 1. The van der Waals surface area contributed by atoms with Crippen LogP contribution in [0.3, 0.4) is 0 Å². The molecule has 0 spiro atoms. The van der Waals surface area contributed by atoms with Crippen molar-refractivity contribution < 1.29 is 9.90 Å². The number of halogens is 1. The van der Waals surface area contributed by atoms with Crippen molar-refractivity contribution in [2.24, 2.45) is 0 Å². The van der Waals surface area contributed by atoms with Gasteiger partial charge in [-0.2, -0.15) is 5.10 Å². The summed E-state index contributed by atoms with van der Waals surface area (Å²) >= 11 is 3.52. The lowest BCUT2D eigenvalue weighted by molar-refractivity contribution is -0.131. The number of hydrogen-bond donors (Lipinski definition) is 1. The summed E-state index contributed by atoms with van der Waals surface area (Å²) in [6.45, 7) is 5.94. The van der Waals surface area contributed by atoms with E-state index >= 15 is 0 Å². The molecule has 2 aromatic rings. The van der Waals surface area contributed by atoms with Crippen LogP contribution in [0.1, 0.15) is 22.5 Å². The molecule has 2 rings (SSSR count). The van der Waals surface area contributed by atoms with Gasteiger partial charge in [0.25, 0.3) is 0 Å². The first-order valence-electron chi connectivity index (χ1n) is 6.14. The maximum Gasteiger partial charge on any atom is 0.328 e. The lowest BCUT2D eigenvalue weighted by atomic mass is 10.1. The molecule has 0 amide bonds. The largest absolute Gasteiger partial charge is 0.478 e. The van der Waals surface area contributed by atoms with Crippen LogP contribution in [0.25, 0.3) is 11.8 Å². The molecule has 1 heterocycles. The van der Waals surface area contributed by atoms with E-state index in [1.165, 1.54) is 0 Å². The molecule has 5 heteroatoms. The number of rotatable bonds is 3. The van der Waals surface area contributed by atoms with E-state index in [-0.39, 0.29) is 0 Å². The van der Waals surface area contributed by atoms with Gasteiger partial charge in [-0.25, -0.2) is 9.48 Å². The quantitative estimate of drug-likeness (QED) is 0.871. The molecule has 4 nitrogen and oxygen atoms in total. The number of carboxylic acid groups (broad SMARTS) is 1. The summed E-state index contributed by atoms with van der Waals surface area (Å²) in [4.78, 5) is 10.5. The Kier molecular flexibility index (Phi) is 4.09. The zero-order valence-corrected chi connectivity index (χ0v) is 13.1. The molecule has 1 aromatic carbocycles. The molecule has 0 saturated heterocycles. The molecule has 0 aliphatic carbocycles. The molecule has 0 unspecified atom stereocenters. The minimum atomic E-state index is -0.950. The van der Waals surface area contributed by atoms with Gasteiger partial charge in [-0.3, -0.25) is 0 Å². The minimum Gasteiger partial charge on any atom is -0.478 e. The number of aryl methyl sites for hydroxylation is 2. The number of benzene rings is 1. The molecule has 1 N–H and O–H groups in total.